The Morgan fingerprint density at radius 1 is 1.10 bits per heavy atom. The van der Waals surface area contributed by atoms with Gasteiger partial charge in [-0.05, 0) is 31.9 Å². The number of carboxylic acid groups (broad SMARTS) is 1. The van der Waals surface area contributed by atoms with Crippen LogP contribution in [0.5, 0.6) is 0 Å². The molecule has 0 aliphatic heterocycles. The van der Waals surface area contributed by atoms with E-state index in [0.29, 0.717) is 11.1 Å². The molecule has 0 aromatic heterocycles. The summed E-state index contributed by atoms with van der Waals surface area (Å²) in [5.41, 5.74) is -0.235. The average molecular weight is 281 g/mol. The molecule has 0 unspecified atom stereocenters. The van der Waals surface area contributed by atoms with Crippen molar-refractivity contribution < 1.29 is 24.9 Å². The lowest BCUT2D eigenvalue weighted by molar-refractivity contribution is 0.0672. The van der Waals surface area contributed by atoms with Gasteiger partial charge in [-0.3, -0.25) is 4.79 Å². The zero-order chi connectivity index (χ0) is 15.5. The molecule has 0 radical (unpaired) electrons. The minimum Gasteiger partial charge on any atom is -0.478 e. The number of nitrogens with one attached hydrogen (secondary N) is 1. The van der Waals surface area contributed by atoms with Crippen molar-refractivity contribution in [1.29, 1.82) is 0 Å². The molecule has 0 aliphatic carbocycles. The van der Waals surface area contributed by atoms with Gasteiger partial charge in [-0.25, -0.2) is 4.79 Å². The topological polar surface area (TPSA) is 107 Å². The molecule has 6 nitrogen and oxygen atoms in total. The van der Waals surface area contributed by atoms with E-state index in [0.717, 1.165) is 0 Å². The first-order valence-corrected chi connectivity index (χ1v) is 6.13. The average Bonchev–Trinajstić information content (AvgIpc) is 2.40. The Morgan fingerprint density at radius 3 is 1.95 bits per heavy atom. The van der Waals surface area contributed by atoms with Crippen molar-refractivity contribution in [1.82, 2.24) is 5.32 Å². The number of amides is 1. The number of aryl methyl sites for hydroxylation is 2. The molecule has 1 aromatic rings. The summed E-state index contributed by atoms with van der Waals surface area (Å²) in [7, 11) is 0. The minimum absolute atomic E-state index is 0.0469. The molecular weight excluding hydrogens is 262 g/mol. The van der Waals surface area contributed by atoms with Crippen molar-refractivity contribution in [2.24, 2.45) is 0 Å². The summed E-state index contributed by atoms with van der Waals surface area (Å²) < 4.78 is 0. The van der Waals surface area contributed by atoms with Crippen LogP contribution >= 0.6 is 0 Å². The number of hydrogen-bond donors (Lipinski definition) is 4. The number of aliphatic hydroxyl groups excluding tert-OH is 2. The van der Waals surface area contributed by atoms with Crippen LogP contribution in [0.1, 0.15) is 38.8 Å². The van der Waals surface area contributed by atoms with Gasteiger partial charge in [0.15, 0.2) is 0 Å². The van der Waals surface area contributed by atoms with Gasteiger partial charge in [-0.15, -0.1) is 0 Å². The Hall–Kier alpha value is -1.92. The van der Waals surface area contributed by atoms with Crippen LogP contribution in [0.4, 0.5) is 0 Å². The molecule has 0 spiro atoms. The third-order valence-electron chi connectivity index (χ3n) is 3.18. The van der Waals surface area contributed by atoms with Crippen LogP contribution in [-0.4, -0.2) is 45.9 Å². The van der Waals surface area contributed by atoms with E-state index in [9.17, 15) is 24.9 Å². The molecule has 0 fully saturated rings. The smallest absolute Gasteiger partial charge is 0.336 e. The normalized spacial score (nSPS) is 11.2. The molecular formula is C14H19NO5. The maximum atomic E-state index is 12.3. The van der Waals surface area contributed by atoms with Gasteiger partial charge in [-0.2, -0.15) is 0 Å². The Bertz CT molecular complexity index is 535. The van der Waals surface area contributed by atoms with Gasteiger partial charge in [0.1, 0.15) is 0 Å². The van der Waals surface area contributed by atoms with Crippen LogP contribution < -0.4 is 5.32 Å². The summed E-state index contributed by atoms with van der Waals surface area (Å²) in [4.78, 5) is 23.6. The highest BCUT2D eigenvalue weighted by atomic mass is 16.4. The van der Waals surface area contributed by atoms with Crippen molar-refractivity contribution in [2.75, 3.05) is 13.2 Å². The quantitative estimate of drug-likeness (QED) is 0.628. The van der Waals surface area contributed by atoms with Crippen LogP contribution in [0.3, 0.4) is 0 Å². The first-order chi connectivity index (χ1) is 9.25. The highest BCUT2D eigenvalue weighted by Crippen LogP contribution is 2.19. The summed E-state index contributed by atoms with van der Waals surface area (Å²) >= 11 is 0. The van der Waals surface area contributed by atoms with E-state index in [-0.39, 0.29) is 11.1 Å². The summed E-state index contributed by atoms with van der Waals surface area (Å²) in [6.07, 6.45) is 0. The molecule has 0 atom stereocenters. The number of carbonyl (C=O) groups is 2. The van der Waals surface area contributed by atoms with Gasteiger partial charge in [0.25, 0.3) is 5.91 Å². The molecule has 1 aromatic carbocycles. The number of aliphatic hydroxyl groups is 2. The maximum Gasteiger partial charge on any atom is 0.336 e. The lowest BCUT2D eigenvalue weighted by Crippen LogP contribution is -2.52. The summed E-state index contributed by atoms with van der Waals surface area (Å²) in [6, 6.07) is 3.29. The summed E-state index contributed by atoms with van der Waals surface area (Å²) in [6.45, 7) is 3.80. The highest BCUT2D eigenvalue weighted by Gasteiger charge is 2.28. The second-order valence-corrected chi connectivity index (χ2v) is 5.09. The van der Waals surface area contributed by atoms with E-state index in [1.165, 1.54) is 6.92 Å². The van der Waals surface area contributed by atoms with Gasteiger partial charge in [-0.1, -0.05) is 12.1 Å². The van der Waals surface area contributed by atoms with Gasteiger partial charge in [0.05, 0.1) is 29.9 Å². The maximum absolute atomic E-state index is 12.3. The fraction of sp³-hybridized carbons (Fsp3) is 0.429. The Labute approximate surface area is 117 Å². The molecule has 110 valence electrons. The van der Waals surface area contributed by atoms with Crippen molar-refractivity contribution in [3.63, 3.8) is 0 Å². The molecule has 1 amide bonds. The van der Waals surface area contributed by atoms with Gasteiger partial charge < -0.3 is 20.6 Å². The second-order valence-electron chi connectivity index (χ2n) is 5.09. The van der Waals surface area contributed by atoms with Crippen molar-refractivity contribution in [3.05, 3.63) is 34.4 Å². The molecule has 1 rings (SSSR count). The molecule has 0 heterocycles. The standard InChI is InChI=1S/C14H19NO5/c1-8-4-5-9(2)11(13(19)20)10(8)12(18)15-14(3,6-16)7-17/h4-5,16-17H,6-7H2,1-3H3,(H,15,18)(H,19,20). The SMILES string of the molecule is Cc1ccc(C)c(C(=O)NC(C)(CO)CO)c1C(=O)O. The lowest BCUT2D eigenvalue weighted by atomic mass is 9.95. The summed E-state index contributed by atoms with van der Waals surface area (Å²) in [5.74, 6) is -1.82. The van der Waals surface area contributed by atoms with Crippen LogP contribution in [0.15, 0.2) is 12.1 Å². The zero-order valence-electron chi connectivity index (χ0n) is 11.7. The lowest BCUT2D eigenvalue weighted by Gasteiger charge is -2.27. The van der Waals surface area contributed by atoms with Gasteiger partial charge in [0, 0.05) is 0 Å². The first-order valence-electron chi connectivity index (χ1n) is 6.13. The Balaban J connectivity index is 3.29. The molecule has 0 saturated heterocycles. The van der Waals surface area contributed by atoms with Crippen LogP contribution in [0.2, 0.25) is 0 Å². The molecule has 0 aliphatic rings. The molecule has 20 heavy (non-hydrogen) atoms. The monoisotopic (exact) mass is 281 g/mol. The number of carbonyl (C=O) groups excluding carboxylic acids is 1. The van der Waals surface area contributed by atoms with E-state index in [1.807, 2.05) is 0 Å². The van der Waals surface area contributed by atoms with Gasteiger partial charge in [0.2, 0.25) is 0 Å². The predicted molar refractivity (Wildman–Crippen MR) is 72.9 cm³/mol. The Morgan fingerprint density at radius 2 is 1.55 bits per heavy atom. The Kier molecular flexibility index (Phi) is 4.86. The van der Waals surface area contributed by atoms with E-state index in [2.05, 4.69) is 5.32 Å². The molecule has 6 heteroatoms. The zero-order valence-corrected chi connectivity index (χ0v) is 11.7. The number of carboxylic acids is 1. The van der Waals surface area contributed by atoms with Crippen LogP contribution in [0, 0.1) is 13.8 Å². The highest BCUT2D eigenvalue weighted by molar-refractivity contribution is 6.07. The van der Waals surface area contributed by atoms with E-state index in [4.69, 9.17) is 0 Å². The second kappa shape index (κ2) is 6.02. The minimum atomic E-state index is -1.21. The third kappa shape index (κ3) is 3.15. The van der Waals surface area contributed by atoms with Crippen LogP contribution in [0.25, 0.3) is 0 Å². The fourth-order valence-electron chi connectivity index (χ4n) is 1.84. The van der Waals surface area contributed by atoms with Crippen LogP contribution in [-0.2, 0) is 0 Å². The molecule has 4 N–H and O–H groups in total. The van der Waals surface area contributed by atoms with E-state index < -0.39 is 30.6 Å². The third-order valence-corrected chi connectivity index (χ3v) is 3.18. The molecule has 0 saturated carbocycles. The number of aromatic carboxylic acids is 1. The van der Waals surface area contributed by atoms with Crippen molar-refractivity contribution in [2.45, 2.75) is 26.3 Å². The summed E-state index contributed by atoms with van der Waals surface area (Å²) in [5, 5.41) is 30.1. The molecule has 0 bridgehead atoms. The van der Waals surface area contributed by atoms with Crippen molar-refractivity contribution >= 4 is 11.9 Å². The number of benzene rings is 1. The number of hydrogen-bond acceptors (Lipinski definition) is 4. The predicted octanol–water partition coefficient (Wildman–Crippen LogP) is 0.475. The fourth-order valence-corrected chi connectivity index (χ4v) is 1.84. The number of rotatable bonds is 5. The van der Waals surface area contributed by atoms with E-state index in [1.54, 1.807) is 26.0 Å². The van der Waals surface area contributed by atoms with Gasteiger partial charge >= 0.3 is 5.97 Å². The largest absolute Gasteiger partial charge is 0.478 e. The first kappa shape index (κ1) is 16.1. The van der Waals surface area contributed by atoms with Crippen molar-refractivity contribution in [3.8, 4) is 0 Å². The van der Waals surface area contributed by atoms with E-state index >= 15 is 0 Å².